The molecule has 2 aromatic carbocycles. The minimum absolute atomic E-state index is 0.181. The van der Waals surface area contributed by atoms with Crippen LogP contribution in [0.15, 0.2) is 54.6 Å². The molecule has 0 aliphatic heterocycles. The smallest absolute Gasteiger partial charge is 0.337 e. The fourth-order valence-electron chi connectivity index (χ4n) is 2.47. The van der Waals surface area contributed by atoms with Gasteiger partial charge in [0.25, 0.3) is 5.91 Å². The van der Waals surface area contributed by atoms with E-state index in [0.29, 0.717) is 27.7 Å². The molecule has 0 atom stereocenters. The number of carbonyl (C=O) groups excluding carboxylic acids is 2. The number of nitrogens with one attached hydrogen (secondary N) is 2. The van der Waals surface area contributed by atoms with Crippen LogP contribution in [0.5, 0.6) is 0 Å². The van der Waals surface area contributed by atoms with Crippen molar-refractivity contribution in [2.45, 2.75) is 6.92 Å². The van der Waals surface area contributed by atoms with E-state index in [2.05, 4.69) is 25.3 Å². The molecule has 0 aliphatic carbocycles. The summed E-state index contributed by atoms with van der Waals surface area (Å²) in [4.78, 5) is 32.8. The third kappa shape index (κ3) is 4.83. The van der Waals surface area contributed by atoms with Gasteiger partial charge < -0.3 is 15.4 Å². The first-order chi connectivity index (χ1) is 13.4. The predicted molar refractivity (Wildman–Crippen MR) is 107 cm³/mol. The van der Waals surface area contributed by atoms with E-state index >= 15 is 0 Å². The molecule has 0 aliphatic rings. The fourth-order valence-corrected chi connectivity index (χ4v) is 2.66. The molecule has 1 amide bonds. The molecule has 142 valence electrons. The molecular weight excluding hydrogens is 380 g/mol. The Labute approximate surface area is 166 Å². The molecule has 0 saturated heterocycles. The maximum atomic E-state index is 12.6. The molecule has 2 N–H and O–H groups in total. The zero-order chi connectivity index (χ0) is 20.1. The highest BCUT2D eigenvalue weighted by Gasteiger charge is 2.13. The van der Waals surface area contributed by atoms with Crippen molar-refractivity contribution in [1.82, 2.24) is 9.97 Å². The number of hydrogen-bond donors (Lipinski definition) is 2. The molecule has 0 unspecified atom stereocenters. The summed E-state index contributed by atoms with van der Waals surface area (Å²) in [5, 5.41) is 6.32. The number of hydrogen-bond acceptors (Lipinski definition) is 6. The fraction of sp³-hybridized carbons (Fsp3) is 0.100. The molecule has 0 radical (unpaired) electrons. The maximum absolute atomic E-state index is 12.6. The van der Waals surface area contributed by atoms with E-state index in [1.54, 1.807) is 49.4 Å². The molecule has 0 bridgehead atoms. The van der Waals surface area contributed by atoms with Gasteiger partial charge in [-0.25, -0.2) is 14.8 Å². The molecule has 3 rings (SSSR count). The van der Waals surface area contributed by atoms with E-state index in [1.165, 1.54) is 13.2 Å². The van der Waals surface area contributed by atoms with E-state index < -0.39 is 11.9 Å². The van der Waals surface area contributed by atoms with Crippen molar-refractivity contribution in [3.05, 3.63) is 76.6 Å². The summed E-state index contributed by atoms with van der Waals surface area (Å²) in [5.74, 6) is -0.639. The van der Waals surface area contributed by atoms with Gasteiger partial charge in [-0.2, -0.15) is 0 Å². The van der Waals surface area contributed by atoms with E-state index in [0.717, 1.165) is 0 Å². The summed E-state index contributed by atoms with van der Waals surface area (Å²) < 4.78 is 4.69. The Morgan fingerprint density at radius 3 is 2.50 bits per heavy atom. The number of aryl methyl sites for hydroxylation is 1. The lowest BCUT2D eigenvalue weighted by atomic mass is 10.2. The minimum Gasteiger partial charge on any atom is -0.465 e. The zero-order valence-corrected chi connectivity index (χ0v) is 15.9. The standard InChI is InChI=1S/C20H17ClN4O3/c1-12-9-17(25-20(22-12)24-16-8-4-6-14(21)11-16)18(26)23-15-7-3-5-13(10-15)19(27)28-2/h3-11H,1-2H3,(H,23,26)(H,22,24,25). The number of aromatic nitrogens is 2. The SMILES string of the molecule is COC(=O)c1cccc(NC(=O)c2cc(C)nc(Nc3cccc(Cl)c3)n2)c1. The molecule has 28 heavy (non-hydrogen) atoms. The Morgan fingerprint density at radius 2 is 1.75 bits per heavy atom. The van der Waals surface area contributed by atoms with Crippen LogP contribution in [0.4, 0.5) is 17.3 Å². The molecule has 3 aromatic rings. The highest BCUT2D eigenvalue weighted by atomic mass is 35.5. The van der Waals surface area contributed by atoms with Crippen LogP contribution in [0.2, 0.25) is 5.02 Å². The zero-order valence-electron chi connectivity index (χ0n) is 15.2. The van der Waals surface area contributed by atoms with E-state index in [1.807, 2.05) is 6.07 Å². The largest absolute Gasteiger partial charge is 0.465 e. The third-order valence-electron chi connectivity index (χ3n) is 3.71. The normalized spacial score (nSPS) is 10.2. The Morgan fingerprint density at radius 1 is 1.00 bits per heavy atom. The molecular formula is C20H17ClN4O3. The summed E-state index contributed by atoms with van der Waals surface area (Å²) in [6.45, 7) is 1.76. The Hall–Kier alpha value is -3.45. The van der Waals surface area contributed by atoms with E-state index in [-0.39, 0.29) is 11.6 Å². The van der Waals surface area contributed by atoms with Crippen molar-refractivity contribution in [2.75, 3.05) is 17.7 Å². The van der Waals surface area contributed by atoms with Crippen molar-refractivity contribution >= 4 is 40.8 Å². The average Bonchev–Trinajstić information content (AvgIpc) is 2.67. The van der Waals surface area contributed by atoms with E-state index in [4.69, 9.17) is 11.6 Å². The van der Waals surface area contributed by atoms with Crippen LogP contribution in [-0.2, 0) is 4.74 Å². The quantitative estimate of drug-likeness (QED) is 0.627. The number of carbonyl (C=O) groups is 2. The number of amides is 1. The Bertz CT molecular complexity index is 1040. The van der Waals surface area contributed by atoms with Crippen molar-refractivity contribution in [2.24, 2.45) is 0 Å². The molecule has 8 heteroatoms. The van der Waals surface area contributed by atoms with Crippen LogP contribution in [0.1, 0.15) is 26.5 Å². The summed E-state index contributed by atoms with van der Waals surface area (Å²) in [7, 11) is 1.30. The van der Waals surface area contributed by atoms with Gasteiger partial charge >= 0.3 is 5.97 Å². The third-order valence-corrected chi connectivity index (χ3v) is 3.94. The van der Waals surface area contributed by atoms with Gasteiger partial charge in [-0.05, 0) is 49.4 Å². The van der Waals surface area contributed by atoms with Gasteiger partial charge in [0.05, 0.1) is 12.7 Å². The lowest BCUT2D eigenvalue weighted by Gasteiger charge is -2.10. The molecule has 0 spiro atoms. The molecule has 0 saturated carbocycles. The van der Waals surface area contributed by atoms with Crippen LogP contribution in [-0.4, -0.2) is 29.0 Å². The van der Waals surface area contributed by atoms with Gasteiger partial charge in [0, 0.05) is 22.1 Å². The summed E-state index contributed by atoms with van der Waals surface area (Å²) >= 11 is 5.98. The molecule has 1 aromatic heterocycles. The first kappa shape index (κ1) is 19.3. The van der Waals surface area contributed by atoms with Gasteiger partial charge in [-0.1, -0.05) is 23.7 Å². The van der Waals surface area contributed by atoms with Gasteiger partial charge in [-0.3, -0.25) is 4.79 Å². The number of nitrogens with zero attached hydrogens (tertiary/aromatic N) is 2. The van der Waals surface area contributed by atoms with Crippen LogP contribution < -0.4 is 10.6 Å². The van der Waals surface area contributed by atoms with Gasteiger partial charge in [0.2, 0.25) is 5.95 Å². The first-order valence-electron chi connectivity index (χ1n) is 8.32. The lowest BCUT2D eigenvalue weighted by Crippen LogP contribution is -2.16. The topological polar surface area (TPSA) is 93.2 Å². The summed E-state index contributed by atoms with van der Waals surface area (Å²) in [6.07, 6.45) is 0. The number of esters is 1. The number of rotatable bonds is 5. The number of benzene rings is 2. The number of methoxy groups -OCH3 is 1. The van der Waals surface area contributed by atoms with Crippen LogP contribution in [0.25, 0.3) is 0 Å². The average molecular weight is 397 g/mol. The van der Waals surface area contributed by atoms with Crippen molar-refractivity contribution in [1.29, 1.82) is 0 Å². The Balaban J connectivity index is 1.80. The molecule has 7 nitrogen and oxygen atoms in total. The number of ether oxygens (including phenoxy) is 1. The highest BCUT2D eigenvalue weighted by Crippen LogP contribution is 2.19. The van der Waals surface area contributed by atoms with Crippen LogP contribution in [0.3, 0.4) is 0 Å². The lowest BCUT2D eigenvalue weighted by molar-refractivity contribution is 0.0600. The molecule has 1 heterocycles. The molecule has 0 fully saturated rings. The van der Waals surface area contributed by atoms with Crippen LogP contribution >= 0.6 is 11.6 Å². The van der Waals surface area contributed by atoms with Crippen molar-refractivity contribution < 1.29 is 14.3 Å². The second-order valence-electron chi connectivity index (χ2n) is 5.88. The van der Waals surface area contributed by atoms with Crippen molar-refractivity contribution in [3.8, 4) is 0 Å². The number of anilines is 3. The first-order valence-corrected chi connectivity index (χ1v) is 8.70. The summed E-state index contributed by atoms with van der Waals surface area (Å²) in [6, 6.07) is 15.1. The van der Waals surface area contributed by atoms with Gasteiger partial charge in [-0.15, -0.1) is 0 Å². The Kier molecular flexibility index (Phi) is 5.86. The summed E-state index contributed by atoms with van der Waals surface area (Å²) in [5.41, 5.74) is 2.29. The number of halogens is 1. The van der Waals surface area contributed by atoms with Gasteiger partial charge in [0.1, 0.15) is 5.69 Å². The maximum Gasteiger partial charge on any atom is 0.337 e. The van der Waals surface area contributed by atoms with Crippen LogP contribution in [0, 0.1) is 6.92 Å². The second kappa shape index (κ2) is 8.49. The van der Waals surface area contributed by atoms with Gasteiger partial charge in [0.15, 0.2) is 0 Å². The second-order valence-corrected chi connectivity index (χ2v) is 6.32. The highest BCUT2D eigenvalue weighted by molar-refractivity contribution is 6.30. The minimum atomic E-state index is -0.484. The predicted octanol–water partition coefficient (Wildman–Crippen LogP) is 4.22. The van der Waals surface area contributed by atoms with Crippen molar-refractivity contribution in [3.63, 3.8) is 0 Å². The van der Waals surface area contributed by atoms with E-state index in [9.17, 15) is 9.59 Å². The monoisotopic (exact) mass is 396 g/mol.